The molecule has 0 saturated carbocycles. The summed E-state index contributed by atoms with van der Waals surface area (Å²) in [5.41, 5.74) is 2.67. The van der Waals surface area contributed by atoms with Gasteiger partial charge in [-0.1, -0.05) is 70.5 Å². The third-order valence-corrected chi connectivity index (χ3v) is 4.79. The van der Waals surface area contributed by atoms with E-state index in [0.29, 0.717) is 0 Å². The molecular weight excluding hydrogens is 348 g/mol. The van der Waals surface area contributed by atoms with Crippen LogP contribution in [0.15, 0.2) is 65.1 Å². The Morgan fingerprint density at radius 2 is 1.48 bits per heavy atom. The summed E-state index contributed by atoms with van der Waals surface area (Å²) in [6.45, 7) is 6.69. The van der Waals surface area contributed by atoms with Gasteiger partial charge in [0.1, 0.15) is 0 Å². The van der Waals surface area contributed by atoms with Crippen LogP contribution in [0.5, 0.6) is 0 Å². The van der Waals surface area contributed by atoms with Crippen molar-refractivity contribution in [2.24, 2.45) is 0 Å². The Kier molecular flexibility index (Phi) is 6.03. The Morgan fingerprint density at radius 3 is 2.17 bits per heavy atom. The van der Waals surface area contributed by atoms with Crippen LogP contribution in [-0.4, -0.2) is 42.5 Å². The Bertz CT molecular complexity index is 614. The van der Waals surface area contributed by atoms with Crippen LogP contribution in [0, 0.1) is 0 Å². The molecule has 1 aliphatic rings. The van der Waals surface area contributed by atoms with E-state index in [4.69, 9.17) is 0 Å². The maximum Gasteiger partial charge on any atom is 0.0234 e. The summed E-state index contributed by atoms with van der Waals surface area (Å²) >= 11 is 3.49. The van der Waals surface area contributed by atoms with Crippen LogP contribution in [0.3, 0.4) is 0 Å². The second kappa shape index (κ2) is 8.44. The zero-order chi connectivity index (χ0) is 15.9. The molecule has 1 fully saturated rings. The van der Waals surface area contributed by atoms with Crippen LogP contribution in [-0.2, 0) is 6.54 Å². The van der Waals surface area contributed by atoms with Gasteiger partial charge >= 0.3 is 0 Å². The normalized spacial score (nSPS) is 16.9. The predicted octanol–water partition coefficient (Wildman–Crippen LogP) is 4.28. The third kappa shape index (κ3) is 5.31. The van der Waals surface area contributed by atoms with Crippen molar-refractivity contribution in [3.63, 3.8) is 0 Å². The Labute approximate surface area is 147 Å². The summed E-state index contributed by atoms with van der Waals surface area (Å²) in [6, 6.07) is 19.2. The average molecular weight is 371 g/mol. The minimum atomic E-state index is 1.04. The van der Waals surface area contributed by atoms with Gasteiger partial charge in [-0.15, -0.1) is 0 Å². The van der Waals surface area contributed by atoms with Gasteiger partial charge in [0.2, 0.25) is 0 Å². The Hall–Kier alpha value is -1.42. The van der Waals surface area contributed by atoms with Crippen LogP contribution in [0.25, 0.3) is 6.08 Å². The zero-order valence-electron chi connectivity index (χ0n) is 13.4. The van der Waals surface area contributed by atoms with Crippen LogP contribution < -0.4 is 0 Å². The standard InChI is InChI=1S/C20H23BrN2/c21-20-10-8-19(9-11-20)17-23-15-13-22(14-16-23)12-4-7-18-5-2-1-3-6-18/h1-11H,12-17H2. The van der Waals surface area contributed by atoms with Gasteiger partial charge in [0, 0.05) is 43.7 Å². The van der Waals surface area contributed by atoms with E-state index in [9.17, 15) is 0 Å². The SMILES string of the molecule is Brc1ccc(CN2CCN(CC=Cc3ccccc3)CC2)cc1. The summed E-state index contributed by atoms with van der Waals surface area (Å²) in [4.78, 5) is 5.07. The second-order valence-corrected chi connectivity index (χ2v) is 6.93. The first-order chi connectivity index (χ1) is 11.3. The molecule has 0 N–H and O–H groups in total. The first-order valence-corrected chi connectivity index (χ1v) is 9.00. The van der Waals surface area contributed by atoms with E-state index in [1.165, 1.54) is 11.1 Å². The van der Waals surface area contributed by atoms with Crippen molar-refractivity contribution in [1.82, 2.24) is 9.80 Å². The largest absolute Gasteiger partial charge is 0.297 e. The van der Waals surface area contributed by atoms with E-state index in [2.05, 4.69) is 92.5 Å². The topological polar surface area (TPSA) is 6.48 Å². The molecule has 2 aromatic rings. The fraction of sp³-hybridized carbons (Fsp3) is 0.300. The van der Waals surface area contributed by atoms with Gasteiger partial charge < -0.3 is 0 Å². The van der Waals surface area contributed by atoms with E-state index >= 15 is 0 Å². The fourth-order valence-electron chi connectivity index (χ4n) is 2.88. The van der Waals surface area contributed by atoms with Gasteiger partial charge in [-0.2, -0.15) is 0 Å². The molecule has 0 amide bonds. The van der Waals surface area contributed by atoms with E-state index < -0.39 is 0 Å². The van der Waals surface area contributed by atoms with Gasteiger partial charge in [-0.25, -0.2) is 0 Å². The summed E-state index contributed by atoms with van der Waals surface area (Å²) in [5, 5.41) is 0. The third-order valence-electron chi connectivity index (χ3n) is 4.26. The molecule has 3 heteroatoms. The molecule has 0 bridgehead atoms. The molecule has 0 radical (unpaired) electrons. The molecule has 1 aliphatic heterocycles. The highest BCUT2D eigenvalue weighted by atomic mass is 79.9. The van der Waals surface area contributed by atoms with Crippen LogP contribution in [0.2, 0.25) is 0 Å². The lowest BCUT2D eigenvalue weighted by Gasteiger charge is -2.34. The molecule has 0 aliphatic carbocycles. The maximum atomic E-state index is 3.49. The Balaban J connectivity index is 1.41. The second-order valence-electron chi connectivity index (χ2n) is 6.02. The van der Waals surface area contributed by atoms with E-state index in [0.717, 1.165) is 43.7 Å². The number of piperazine rings is 1. The highest BCUT2D eigenvalue weighted by molar-refractivity contribution is 9.10. The van der Waals surface area contributed by atoms with Gasteiger partial charge in [0.05, 0.1) is 0 Å². The minimum absolute atomic E-state index is 1.04. The number of rotatable bonds is 5. The van der Waals surface area contributed by atoms with Crippen molar-refractivity contribution in [1.29, 1.82) is 0 Å². The molecule has 23 heavy (non-hydrogen) atoms. The zero-order valence-corrected chi connectivity index (χ0v) is 15.0. The number of hydrogen-bond donors (Lipinski definition) is 0. The number of nitrogens with zero attached hydrogens (tertiary/aromatic N) is 2. The highest BCUT2D eigenvalue weighted by Gasteiger charge is 2.15. The lowest BCUT2D eigenvalue weighted by Crippen LogP contribution is -2.45. The van der Waals surface area contributed by atoms with Crippen molar-refractivity contribution in [3.05, 3.63) is 76.3 Å². The molecule has 0 unspecified atom stereocenters. The quantitative estimate of drug-likeness (QED) is 0.774. The van der Waals surface area contributed by atoms with Crippen molar-refractivity contribution < 1.29 is 0 Å². The molecule has 0 spiro atoms. The summed E-state index contributed by atoms with van der Waals surface area (Å²) in [5.74, 6) is 0. The first kappa shape index (κ1) is 16.4. The molecular formula is C20H23BrN2. The van der Waals surface area contributed by atoms with Crippen LogP contribution in [0.1, 0.15) is 11.1 Å². The van der Waals surface area contributed by atoms with E-state index in [-0.39, 0.29) is 0 Å². The molecule has 0 atom stereocenters. The highest BCUT2D eigenvalue weighted by Crippen LogP contribution is 2.13. The van der Waals surface area contributed by atoms with Gasteiger partial charge in [0.25, 0.3) is 0 Å². The Morgan fingerprint density at radius 1 is 0.826 bits per heavy atom. The van der Waals surface area contributed by atoms with Gasteiger partial charge in [-0.3, -0.25) is 9.80 Å². The van der Waals surface area contributed by atoms with Crippen molar-refractivity contribution in [2.75, 3.05) is 32.7 Å². The molecule has 3 rings (SSSR count). The smallest absolute Gasteiger partial charge is 0.0234 e. The van der Waals surface area contributed by atoms with Crippen LogP contribution >= 0.6 is 15.9 Å². The number of hydrogen-bond acceptors (Lipinski definition) is 2. The molecule has 2 aromatic carbocycles. The first-order valence-electron chi connectivity index (χ1n) is 8.20. The van der Waals surface area contributed by atoms with Gasteiger partial charge in [0.15, 0.2) is 0 Å². The maximum absolute atomic E-state index is 3.49. The molecule has 0 aromatic heterocycles. The lowest BCUT2D eigenvalue weighted by molar-refractivity contribution is 0.137. The molecule has 1 heterocycles. The fourth-order valence-corrected chi connectivity index (χ4v) is 3.14. The van der Waals surface area contributed by atoms with Crippen molar-refractivity contribution in [2.45, 2.75) is 6.54 Å². The average Bonchev–Trinajstić information content (AvgIpc) is 2.59. The summed E-state index contributed by atoms with van der Waals surface area (Å²) in [7, 11) is 0. The summed E-state index contributed by atoms with van der Waals surface area (Å²) in [6.07, 6.45) is 4.49. The van der Waals surface area contributed by atoms with E-state index in [1.807, 2.05) is 0 Å². The van der Waals surface area contributed by atoms with Crippen molar-refractivity contribution in [3.8, 4) is 0 Å². The van der Waals surface area contributed by atoms with E-state index in [1.54, 1.807) is 0 Å². The molecule has 1 saturated heterocycles. The lowest BCUT2D eigenvalue weighted by atomic mass is 10.2. The predicted molar refractivity (Wildman–Crippen MR) is 101 cm³/mol. The monoisotopic (exact) mass is 370 g/mol. The molecule has 2 nitrogen and oxygen atoms in total. The van der Waals surface area contributed by atoms with Crippen LogP contribution in [0.4, 0.5) is 0 Å². The number of benzene rings is 2. The molecule has 120 valence electrons. The minimum Gasteiger partial charge on any atom is -0.297 e. The number of halogens is 1. The van der Waals surface area contributed by atoms with Gasteiger partial charge in [-0.05, 0) is 23.3 Å². The summed E-state index contributed by atoms with van der Waals surface area (Å²) < 4.78 is 1.15. The van der Waals surface area contributed by atoms with Crippen molar-refractivity contribution >= 4 is 22.0 Å².